The largest absolute Gasteiger partial charge is 0.370 e. The number of morpholine rings is 1. The number of nitrogens with one attached hydrogen (secondary N) is 1. The molecule has 1 aliphatic rings. The molecule has 0 spiro atoms. The standard InChI is InChI=1S/C16H28N2OS/c1-12(2)17-8-14-6-7-15(20-14)10-18-9-13(3)19-16(4,5)11-18/h6-7,12-13,17H,8-11H2,1-5H3. The van der Waals surface area contributed by atoms with Gasteiger partial charge < -0.3 is 10.1 Å². The van der Waals surface area contributed by atoms with Gasteiger partial charge in [-0.2, -0.15) is 0 Å². The highest BCUT2D eigenvalue weighted by atomic mass is 32.1. The number of nitrogens with zero attached hydrogens (tertiary/aromatic N) is 1. The lowest BCUT2D eigenvalue weighted by Gasteiger charge is -2.41. The second-order valence-corrected chi connectivity index (χ2v) is 8.01. The summed E-state index contributed by atoms with van der Waals surface area (Å²) in [6, 6.07) is 5.07. The third-order valence-electron chi connectivity index (χ3n) is 3.42. The molecule has 1 saturated heterocycles. The fourth-order valence-electron chi connectivity index (χ4n) is 2.83. The topological polar surface area (TPSA) is 24.5 Å². The molecule has 114 valence electrons. The molecule has 4 heteroatoms. The fraction of sp³-hybridized carbons (Fsp3) is 0.750. The van der Waals surface area contributed by atoms with Gasteiger partial charge in [-0.15, -0.1) is 11.3 Å². The molecule has 0 bridgehead atoms. The Morgan fingerprint density at radius 2 is 2.10 bits per heavy atom. The van der Waals surface area contributed by atoms with Gasteiger partial charge in [0.1, 0.15) is 0 Å². The van der Waals surface area contributed by atoms with Gasteiger partial charge in [0.2, 0.25) is 0 Å². The first kappa shape index (κ1) is 16.0. The van der Waals surface area contributed by atoms with Gasteiger partial charge in [0, 0.05) is 42.0 Å². The average Bonchev–Trinajstić information content (AvgIpc) is 2.71. The summed E-state index contributed by atoms with van der Waals surface area (Å²) < 4.78 is 5.96. The van der Waals surface area contributed by atoms with Gasteiger partial charge in [-0.25, -0.2) is 0 Å². The van der Waals surface area contributed by atoms with Gasteiger partial charge >= 0.3 is 0 Å². The summed E-state index contributed by atoms with van der Waals surface area (Å²) in [7, 11) is 0. The molecule has 1 N–H and O–H groups in total. The van der Waals surface area contributed by atoms with Crippen molar-refractivity contribution >= 4 is 11.3 Å². The highest BCUT2D eigenvalue weighted by molar-refractivity contribution is 7.11. The van der Waals surface area contributed by atoms with Crippen LogP contribution in [0.5, 0.6) is 0 Å². The Balaban J connectivity index is 1.90. The maximum Gasteiger partial charge on any atom is 0.0757 e. The SMILES string of the molecule is CC(C)NCc1ccc(CN2CC(C)OC(C)(C)C2)s1. The Morgan fingerprint density at radius 3 is 2.75 bits per heavy atom. The number of thiophene rings is 1. The molecular formula is C16H28N2OS. The monoisotopic (exact) mass is 296 g/mol. The zero-order chi connectivity index (χ0) is 14.8. The summed E-state index contributed by atoms with van der Waals surface area (Å²) in [6.45, 7) is 15.0. The average molecular weight is 296 g/mol. The van der Waals surface area contributed by atoms with Crippen LogP contribution in [0.3, 0.4) is 0 Å². The molecule has 2 rings (SSSR count). The van der Waals surface area contributed by atoms with Crippen molar-refractivity contribution in [1.29, 1.82) is 0 Å². The number of hydrogen-bond donors (Lipinski definition) is 1. The maximum absolute atomic E-state index is 5.96. The lowest BCUT2D eigenvalue weighted by atomic mass is 10.1. The zero-order valence-corrected chi connectivity index (χ0v) is 14.2. The molecule has 3 nitrogen and oxygen atoms in total. The molecule has 1 aliphatic heterocycles. The van der Waals surface area contributed by atoms with Crippen LogP contribution < -0.4 is 5.32 Å². The van der Waals surface area contributed by atoms with E-state index in [9.17, 15) is 0 Å². The van der Waals surface area contributed by atoms with Crippen molar-refractivity contribution in [3.05, 3.63) is 21.9 Å². The first-order valence-electron chi connectivity index (χ1n) is 7.55. The van der Waals surface area contributed by atoms with E-state index in [-0.39, 0.29) is 5.60 Å². The Kier molecular flexibility index (Phi) is 5.24. The molecule has 0 saturated carbocycles. The van der Waals surface area contributed by atoms with Crippen molar-refractivity contribution in [2.45, 2.75) is 65.5 Å². The summed E-state index contributed by atoms with van der Waals surface area (Å²) in [5.41, 5.74) is -0.0308. The van der Waals surface area contributed by atoms with E-state index in [4.69, 9.17) is 4.74 Å². The molecule has 2 heterocycles. The highest BCUT2D eigenvalue weighted by Gasteiger charge is 2.31. The molecule has 1 atom stereocenters. The smallest absolute Gasteiger partial charge is 0.0757 e. The molecule has 1 fully saturated rings. The van der Waals surface area contributed by atoms with E-state index < -0.39 is 0 Å². The van der Waals surface area contributed by atoms with E-state index in [0.717, 1.165) is 26.2 Å². The van der Waals surface area contributed by atoms with Crippen LogP contribution in [0, 0.1) is 0 Å². The van der Waals surface area contributed by atoms with Gasteiger partial charge in [-0.05, 0) is 32.9 Å². The Bertz CT molecular complexity index is 428. The zero-order valence-electron chi connectivity index (χ0n) is 13.4. The summed E-state index contributed by atoms with van der Waals surface area (Å²) in [5.74, 6) is 0. The third kappa shape index (κ3) is 4.85. The van der Waals surface area contributed by atoms with Gasteiger partial charge in [-0.3, -0.25) is 4.90 Å². The summed E-state index contributed by atoms with van der Waals surface area (Å²) in [5, 5.41) is 3.48. The molecular weight excluding hydrogens is 268 g/mol. The maximum atomic E-state index is 5.96. The quantitative estimate of drug-likeness (QED) is 0.903. The van der Waals surface area contributed by atoms with Crippen LogP contribution in [0.2, 0.25) is 0 Å². The lowest BCUT2D eigenvalue weighted by Crippen LogP contribution is -2.51. The summed E-state index contributed by atoms with van der Waals surface area (Å²) >= 11 is 1.92. The summed E-state index contributed by atoms with van der Waals surface area (Å²) in [6.07, 6.45) is 0.320. The van der Waals surface area contributed by atoms with E-state index in [1.165, 1.54) is 9.75 Å². The van der Waals surface area contributed by atoms with Crippen molar-refractivity contribution in [3.8, 4) is 0 Å². The van der Waals surface area contributed by atoms with Gasteiger partial charge in [0.25, 0.3) is 0 Å². The second kappa shape index (κ2) is 6.56. The number of rotatable bonds is 5. The van der Waals surface area contributed by atoms with Crippen LogP contribution in [0.15, 0.2) is 12.1 Å². The third-order valence-corrected chi connectivity index (χ3v) is 4.49. The molecule has 0 amide bonds. The van der Waals surface area contributed by atoms with Gasteiger partial charge in [0.15, 0.2) is 0 Å². The first-order valence-corrected chi connectivity index (χ1v) is 8.37. The van der Waals surface area contributed by atoms with Crippen LogP contribution >= 0.6 is 11.3 Å². The minimum Gasteiger partial charge on any atom is -0.370 e. The van der Waals surface area contributed by atoms with Crippen molar-refractivity contribution in [2.75, 3.05) is 13.1 Å². The molecule has 1 aromatic rings. The highest BCUT2D eigenvalue weighted by Crippen LogP contribution is 2.24. The van der Waals surface area contributed by atoms with E-state index >= 15 is 0 Å². The molecule has 0 aromatic carbocycles. The molecule has 0 aliphatic carbocycles. The Morgan fingerprint density at radius 1 is 1.40 bits per heavy atom. The van der Waals surface area contributed by atoms with Crippen LogP contribution in [-0.2, 0) is 17.8 Å². The number of ether oxygens (including phenoxy) is 1. The van der Waals surface area contributed by atoms with E-state index in [1.54, 1.807) is 0 Å². The van der Waals surface area contributed by atoms with Gasteiger partial charge in [0.05, 0.1) is 11.7 Å². The van der Waals surface area contributed by atoms with Crippen molar-refractivity contribution in [3.63, 3.8) is 0 Å². The molecule has 1 aromatic heterocycles. The fourth-order valence-corrected chi connectivity index (χ4v) is 3.85. The summed E-state index contributed by atoms with van der Waals surface area (Å²) in [4.78, 5) is 5.39. The van der Waals surface area contributed by atoms with Crippen molar-refractivity contribution in [2.24, 2.45) is 0 Å². The van der Waals surface area contributed by atoms with Crippen LogP contribution in [0.1, 0.15) is 44.4 Å². The first-order chi connectivity index (χ1) is 9.34. The Hall–Kier alpha value is -0.420. The normalized spacial score (nSPS) is 23.4. The van der Waals surface area contributed by atoms with E-state index in [1.807, 2.05) is 11.3 Å². The second-order valence-electron chi connectivity index (χ2n) is 6.76. The van der Waals surface area contributed by atoms with Crippen LogP contribution in [0.4, 0.5) is 0 Å². The van der Waals surface area contributed by atoms with Crippen molar-refractivity contribution < 1.29 is 4.74 Å². The minimum atomic E-state index is -0.0308. The predicted octanol–water partition coefficient (Wildman–Crippen LogP) is 3.25. The minimum absolute atomic E-state index is 0.0308. The predicted molar refractivity (Wildman–Crippen MR) is 86.2 cm³/mol. The van der Waals surface area contributed by atoms with E-state index in [2.05, 4.69) is 57.0 Å². The Labute approximate surface area is 127 Å². The molecule has 0 radical (unpaired) electrons. The molecule has 20 heavy (non-hydrogen) atoms. The molecule has 1 unspecified atom stereocenters. The van der Waals surface area contributed by atoms with Crippen molar-refractivity contribution in [1.82, 2.24) is 10.2 Å². The van der Waals surface area contributed by atoms with Gasteiger partial charge in [-0.1, -0.05) is 13.8 Å². The van der Waals surface area contributed by atoms with Crippen LogP contribution in [0.25, 0.3) is 0 Å². The lowest BCUT2D eigenvalue weighted by molar-refractivity contribution is -0.130. The number of hydrogen-bond acceptors (Lipinski definition) is 4. The van der Waals surface area contributed by atoms with Crippen LogP contribution in [-0.4, -0.2) is 35.7 Å². The van der Waals surface area contributed by atoms with E-state index in [0.29, 0.717) is 12.1 Å².